The Morgan fingerprint density at radius 1 is 1.26 bits per heavy atom. The molecule has 1 aliphatic rings. The lowest BCUT2D eigenvalue weighted by atomic mass is 10.2. The highest BCUT2D eigenvalue weighted by molar-refractivity contribution is 9.11. The summed E-state index contributed by atoms with van der Waals surface area (Å²) in [7, 11) is 0. The Balaban J connectivity index is 1.80. The predicted molar refractivity (Wildman–Crippen MR) is 74.8 cm³/mol. The fraction of sp³-hybridized carbons (Fsp3) is 0.231. The Morgan fingerprint density at radius 3 is 2.74 bits per heavy atom. The average Bonchev–Trinajstić information content (AvgIpc) is 3.03. The van der Waals surface area contributed by atoms with Crippen molar-refractivity contribution in [1.29, 1.82) is 0 Å². The van der Waals surface area contributed by atoms with Gasteiger partial charge in [0.15, 0.2) is 11.5 Å². The van der Waals surface area contributed by atoms with Crippen molar-refractivity contribution in [3.05, 3.63) is 38.5 Å². The highest BCUT2D eigenvalue weighted by Gasteiger charge is 2.17. The molecule has 0 saturated heterocycles. The molecule has 3 rings (SSSR count). The van der Waals surface area contributed by atoms with Crippen LogP contribution in [0.5, 0.6) is 17.2 Å². The Morgan fingerprint density at radius 2 is 2.05 bits per heavy atom. The average molecular weight is 343 g/mol. The van der Waals surface area contributed by atoms with E-state index in [-0.39, 0.29) is 13.4 Å². The minimum Gasteiger partial charge on any atom is -0.488 e. The molecule has 0 spiro atoms. The van der Waals surface area contributed by atoms with E-state index in [4.69, 9.17) is 14.2 Å². The van der Waals surface area contributed by atoms with Crippen LogP contribution in [0, 0.1) is 0 Å². The SMILES string of the molecule is OCc1cc2c(cc1OCc1ccc(Br)s1)OCO2. The molecule has 100 valence electrons. The largest absolute Gasteiger partial charge is 0.488 e. The minimum absolute atomic E-state index is 0.0971. The van der Waals surface area contributed by atoms with Gasteiger partial charge in [0.05, 0.1) is 10.4 Å². The zero-order chi connectivity index (χ0) is 13.2. The number of ether oxygens (including phenoxy) is 3. The van der Waals surface area contributed by atoms with Crippen molar-refractivity contribution in [2.24, 2.45) is 0 Å². The highest BCUT2D eigenvalue weighted by Crippen LogP contribution is 2.38. The number of aliphatic hydroxyl groups excluding tert-OH is 1. The molecule has 0 aliphatic carbocycles. The Bertz CT molecular complexity index is 596. The summed E-state index contributed by atoms with van der Waals surface area (Å²) < 4.78 is 17.4. The van der Waals surface area contributed by atoms with Crippen LogP contribution in [0.4, 0.5) is 0 Å². The molecule has 0 fully saturated rings. The number of fused-ring (bicyclic) bond motifs is 1. The topological polar surface area (TPSA) is 47.9 Å². The van der Waals surface area contributed by atoms with Gasteiger partial charge in [0.1, 0.15) is 12.4 Å². The van der Waals surface area contributed by atoms with E-state index >= 15 is 0 Å². The first-order chi connectivity index (χ1) is 9.26. The molecule has 6 heteroatoms. The number of hydrogen-bond donors (Lipinski definition) is 1. The van der Waals surface area contributed by atoms with Gasteiger partial charge in [0.25, 0.3) is 0 Å². The van der Waals surface area contributed by atoms with Gasteiger partial charge in [-0.05, 0) is 34.1 Å². The Hall–Kier alpha value is -1.24. The second kappa shape index (κ2) is 5.40. The van der Waals surface area contributed by atoms with E-state index in [1.165, 1.54) is 0 Å². The third-order valence-electron chi connectivity index (χ3n) is 2.72. The number of halogens is 1. The molecular weight excluding hydrogens is 332 g/mol. The summed E-state index contributed by atoms with van der Waals surface area (Å²) >= 11 is 5.03. The van der Waals surface area contributed by atoms with Gasteiger partial charge in [-0.3, -0.25) is 0 Å². The van der Waals surface area contributed by atoms with E-state index in [1.807, 2.05) is 12.1 Å². The van der Waals surface area contributed by atoms with Crippen LogP contribution >= 0.6 is 27.3 Å². The van der Waals surface area contributed by atoms with E-state index in [1.54, 1.807) is 23.5 Å². The van der Waals surface area contributed by atoms with Gasteiger partial charge in [0.2, 0.25) is 6.79 Å². The van der Waals surface area contributed by atoms with E-state index in [9.17, 15) is 5.11 Å². The van der Waals surface area contributed by atoms with Crippen molar-refractivity contribution in [2.45, 2.75) is 13.2 Å². The van der Waals surface area contributed by atoms with Crippen LogP contribution in [0.25, 0.3) is 0 Å². The van der Waals surface area contributed by atoms with Gasteiger partial charge in [0, 0.05) is 16.5 Å². The second-order valence-corrected chi connectivity index (χ2v) is 6.51. The summed E-state index contributed by atoms with van der Waals surface area (Å²) in [6.07, 6.45) is 0. The molecule has 1 aromatic carbocycles. The first-order valence-electron chi connectivity index (χ1n) is 5.66. The number of thiophene rings is 1. The molecule has 1 aliphatic heterocycles. The summed E-state index contributed by atoms with van der Waals surface area (Å²) in [5, 5.41) is 9.37. The first-order valence-corrected chi connectivity index (χ1v) is 7.27. The molecule has 0 atom stereocenters. The van der Waals surface area contributed by atoms with Gasteiger partial charge in [-0.2, -0.15) is 0 Å². The van der Waals surface area contributed by atoms with Crippen LogP contribution in [0.1, 0.15) is 10.4 Å². The molecule has 0 unspecified atom stereocenters. The van der Waals surface area contributed by atoms with Crippen molar-refractivity contribution in [2.75, 3.05) is 6.79 Å². The van der Waals surface area contributed by atoms with Gasteiger partial charge < -0.3 is 19.3 Å². The zero-order valence-electron chi connectivity index (χ0n) is 9.89. The van der Waals surface area contributed by atoms with Gasteiger partial charge >= 0.3 is 0 Å². The lowest BCUT2D eigenvalue weighted by Gasteiger charge is -2.10. The maximum Gasteiger partial charge on any atom is 0.231 e. The maximum atomic E-state index is 9.37. The normalized spacial score (nSPS) is 12.7. The molecule has 4 nitrogen and oxygen atoms in total. The maximum absolute atomic E-state index is 9.37. The Labute approximate surface area is 122 Å². The van der Waals surface area contributed by atoms with Crippen molar-refractivity contribution in [3.63, 3.8) is 0 Å². The van der Waals surface area contributed by atoms with Crippen LogP contribution in [0.15, 0.2) is 28.1 Å². The third-order valence-corrected chi connectivity index (χ3v) is 4.32. The summed E-state index contributed by atoms with van der Waals surface area (Å²) in [6.45, 7) is 0.574. The second-order valence-electron chi connectivity index (χ2n) is 3.97. The lowest BCUT2D eigenvalue weighted by Crippen LogP contribution is -1.97. The number of hydrogen-bond acceptors (Lipinski definition) is 5. The summed E-state index contributed by atoms with van der Waals surface area (Å²) in [5.41, 5.74) is 0.694. The van der Waals surface area contributed by atoms with Crippen LogP contribution in [0.2, 0.25) is 0 Å². The third kappa shape index (κ3) is 2.70. The lowest BCUT2D eigenvalue weighted by molar-refractivity contribution is 0.173. The molecule has 0 amide bonds. The number of aliphatic hydroxyl groups is 1. The summed E-state index contributed by atoms with van der Waals surface area (Å²) in [4.78, 5) is 1.11. The molecule has 1 aromatic heterocycles. The smallest absolute Gasteiger partial charge is 0.231 e. The summed E-state index contributed by atoms with van der Waals surface area (Å²) in [5.74, 6) is 1.92. The molecule has 1 N–H and O–H groups in total. The van der Waals surface area contributed by atoms with Crippen molar-refractivity contribution >= 4 is 27.3 Å². The predicted octanol–water partition coefficient (Wildman–Crippen LogP) is 3.31. The summed E-state index contributed by atoms with van der Waals surface area (Å²) in [6, 6.07) is 7.49. The fourth-order valence-corrected chi connectivity index (χ4v) is 3.20. The van der Waals surface area contributed by atoms with E-state index in [0.29, 0.717) is 29.4 Å². The fourth-order valence-electron chi connectivity index (χ4n) is 1.80. The van der Waals surface area contributed by atoms with Crippen LogP contribution in [0.3, 0.4) is 0 Å². The molecule has 2 heterocycles. The molecule has 0 bridgehead atoms. The molecule has 19 heavy (non-hydrogen) atoms. The molecular formula is C13H11BrO4S. The number of rotatable bonds is 4. The molecule has 0 radical (unpaired) electrons. The highest BCUT2D eigenvalue weighted by atomic mass is 79.9. The van der Waals surface area contributed by atoms with Crippen molar-refractivity contribution in [3.8, 4) is 17.2 Å². The zero-order valence-corrected chi connectivity index (χ0v) is 12.3. The molecule has 0 saturated carbocycles. The van der Waals surface area contributed by atoms with Crippen LogP contribution in [-0.2, 0) is 13.2 Å². The van der Waals surface area contributed by atoms with E-state index < -0.39 is 0 Å². The van der Waals surface area contributed by atoms with Crippen molar-refractivity contribution in [1.82, 2.24) is 0 Å². The van der Waals surface area contributed by atoms with Gasteiger partial charge in [-0.1, -0.05) is 0 Å². The van der Waals surface area contributed by atoms with E-state index in [0.717, 1.165) is 8.66 Å². The quantitative estimate of drug-likeness (QED) is 0.925. The minimum atomic E-state index is -0.0971. The van der Waals surface area contributed by atoms with Crippen LogP contribution in [-0.4, -0.2) is 11.9 Å². The van der Waals surface area contributed by atoms with Crippen LogP contribution < -0.4 is 14.2 Å². The van der Waals surface area contributed by atoms with E-state index in [2.05, 4.69) is 15.9 Å². The van der Waals surface area contributed by atoms with Gasteiger partial charge in [-0.15, -0.1) is 11.3 Å². The van der Waals surface area contributed by atoms with Gasteiger partial charge in [-0.25, -0.2) is 0 Å². The Kier molecular flexibility index (Phi) is 3.63. The van der Waals surface area contributed by atoms with Crippen molar-refractivity contribution < 1.29 is 19.3 Å². The monoisotopic (exact) mass is 342 g/mol. The number of benzene rings is 1. The molecule has 2 aromatic rings. The standard InChI is InChI=1S/C13H11BrO4S/c14-13-2-1-9(19-13)6-16-10-4-12-11(17-7-18-12)3-8(10)5-15/h1-4,15H,5-7H2. The first kappa shape index (κ1) is 12.8.